The first kappa shape index (κ1) is 14.9. The Balaban J connectivity index is 2.36. The van der Waals surface area contributed by atoms with Gasteiger partial charge in [0.2, 0.25) is 0 Å². The fraction of sp³-hybridized carbons (Fsp3) is 1.00. The molecule has 1 atom stereocenters. The van der Waals surface area contributed by atoms with E-state index in [1.54, 1.807) is 0 Å². The van der Waals surface area contributed by atoms with Crippen LogP contribution in [-0.2, 0) is 9.84 Å². The normalized spacial score (nSPS) is 26.5. The van der Waals surface area contributed by atoms with Crippen molar-refractivity contribution in [3.8, 4) is 0 Å². The zero-order chi connectivity index (χ0) is 12.9. The van der Waals surface area contributed by atoms with Gasteiger partial charge < -0.3 is 10.2 Å². The summed E-state index contributed by atoms with van der Waals surface area (Å²) in [5, 5.41) is 3.22. The molecule has 1 aliphatic heterocycles. The molecule has 1 heterocycles. The van der Waals surface area contributed by atoms with E-state index >= 15 is 0 Å². The molecule has 1 unspecified atom stereocenters. The maximum absolute atomic E-state index is 11.6. The molecule has 0 aromatic carbocycles. The summed E-state index contributed by atoms with van der Waals surface area (Å²) < 4.78 is 23.3. The molecule has 0 aromatic heterocycles. The Kier molecular flexibility index (Phi) is 5.41. The number of hydrogen-bond acceptors (Lipinski definition) is 4. The average molecular weight is 262 g/mol. The first-order valence-electron chi connectivity index (χ1n) is 6.48. The van der Waals surface area contributed by atoms with E-state index in [1.165, 1.54) is 0 Å². The number of likely N-dealkylation sites (tertiary alicyclic amines) is 1. The minimum absolute atomic E-state index is 0.309. The van der Waals surface area contributed by atoms with E-state index < -0.39 is 9.84 Å². The zero-order valence-corrected chi connectivity index (χ0v) is 12.1. The molecule has 5 heteroatoms. The first-order chi connectivity index (χ1) is 7.91. The third-order valence-corrected chi connectivity index (χ3v) is 5.31. The highest BCUT2D eigenvalue weighted by molar-refractivity contribution is 7.91. The van der Waals surface area contributed by atoms with E-state index in [9.17, 15) is 8.42 Å². The number of nitrogens with zero attached hydrogens (tertiary/aromatic N) is 1. The smallest absolute Gasteiger partial charge is 0.151 e. The van der Waals surface area contributed by atoms with Crippen molar-refractivity contribution in [2.45, 2.75) is 26.7 Å². The largest absolute Gasteiger partial charge is 0.319 e. The average Bonchev–Trinajstić information content (AvgIpc) is 2.58. The van der Waals surface area contributed by atoms with Crippen LogP contribution in [0.1, 0.15) is 26.7 Å². The molecule has 0 aromatic rings. The molecule has 0 radical (unpaired) electrons. The summed E-state index contributed by atoms with van der Waals surface area (Å²) in [6, 6.07) is 0. The predicted molar refractivity (Wildman–Crippen MR) is 72.0 cm³/mol. The summed E-state index contributed by atoms with van der Waals surface area (Å²) in [4.78, 5) is 2.28. The topological polar surface area (TPSA) is 49.4 Å². The summed E-state index contributed by atoms with van der Waals surface area (Å²) in [7, 11) is -0.854. The van der Waals surface area contributed by atoms with Gasteiger partial charge in [0.1, 0.15) is 0 Å². The second kappa shape index (κ2) is 6.16. The van der Waals surface area contributed by atoms with Crippen LogP contribution < -0.4 is 5.32 Å². The highest BCUT2D eigenvalue weighted by Gasteiger charge is 2.33. The molecule has 0 aliphatic carbocycles. The van der Waals surface area contributed by atoms with Gasteiger partial charge in [0.25, 0.3) is 0 Å². The molecular weight excluding hydrogens is 236 g/mol. The van der Waals surface area contributed by atoms with Crippen LogP contribution in [-0.4, -0.2) is 58.1 Å². The van der Waals surface area contributed by atoms with E-state index in [2.05, 4.69) is 17.1 Å². The summed E-state index contributed by atoms with van der Waals surface area (Å²) >= 11 is 0. The Bertz CT molecular complexity index is 329. The van der Waals surface area contributed by atoms with Gasteiger partial charge in [-0.25, -0.2) is 8.42 Å². The standard InChI is InChI=1S/C12H26N2O2S/c1-4-8-17(15,16)9-7-14-6-5-12(2,11-14)10-13-3/h13H,4-11H2,1-3H3. The lowest BCUT2D eigenvalue weighted by atomic mass is 9.90. The van der Waals surface area contributed by atoms with Crippen molar-refractivity contribution in [3.05, 3.63) is 0 Å². The molecule has 17 heavy (non-hydrogen) atoms. The van der Waals surface area contributed by atoms with Crippen LogP contribution in [0.2, 0.25) is 0 Å². The molecule has 1 fully saturated rings. The Morgan fingerprint density at radius 1 is 1.35 bits per heavy atom. The molecule has 102 valence electrons. The third kappa shape index (κ3) is 4.94. The summed E-state index contributed by atoms with van der Waals surface area (Å²) in [5.41, 5.74) is 0.309. The number of nitrogens with one attached hydrogen (secondary N) is 1. The van der Waals surface area contributed by atoms with Crippen LogP contribution in [0.4, 0.5) is 0 Å². The minimum atomic E-state index is -2.83. The maximum atomic E-state index is 11.6. The Morgan fingerprint density at radius 2 is 2.06 bits per heavy atom. The van der Waals surface area contributed by atoms with Crippen molar-refractivity contribution in [3.63, 3.8) is 0 Å². The molecule has 0 saturated carbocycles. The first-order valence-corrected chi connectivity index (χ1v) is 8.30. The van der Waals surface area contributed by atoms with Crippen LogP contribution >= 0.6 is 0 Å². The summed E-state index contributed by atoms with van der Waals surface area (Å²) in [5.74, 6) is 0.644. The molecular formula is C12H26N2O2S. The number of hydrogen-bond donors (Lipinski definition) is 1. The van der Waals surface area contributed by atoms with Crippen molar-refractivity contribution >= 4 is 9.84 Å². The minimum Gasteiger partial charge on any atom is -0.319 e. The van der Waals surface area contributed by atoms with Crippen molar-refractivity contribution in [1.29, 1.82) is 0 Å². The lowest BCUT2D eigenvalue weighted by molar-refractivity contribution is 0.280. The van der Waals surface area contributed by atoms with E-state index in [4.69, 9.17) is 0 Å². The molecule has 0 amide bonds. The van der Waals surface area contributed by atoms with Crippen LogP contribution in [0.25, 0.3) is 0 Å². The van der Waals surface area contributed by atoms with Gasteiger partial charge in [0.05, 0.1) is 5.75 Å². The fourth-order valence-corrected chi connectivity index (χ4v) is 3.93. The van der Waals surface area contributed by atoms with E-state index in [0.717, 1.165) is 32.5 Å². The molecule has 4 nitrogen and oxygen atoms in total. The van der Waals surface area contributed by atoms with E-state index in [-0.39, 0.29) is 0 Å². The summed E-state index contributed by atoms with van der Waals surface area (Å²) in [6.07, 6.45) is 1.88. The van der Waals surface area contributed by atoms with Crippen LogP contribution in [0.5, 0.6) is 0 Å². The third-order valence-electron chi connectivity index (χ3n) is 3.47. The van der Waals surface area contributed by atoms with Crippen molar-refractivity contribution < 1.29 is 8.42 Å². The Hall–Kier alpha value is -0.130. The molecule has 1 aliphatic rings. The van der Waals surface area contributed by atoms with Gasteiger partial charge in [0, 0.05) is 25.4 Å². The second-order valence-electron chi connectivity index (χ2n) is 5.52. The molecule has 1 N–H and O–H groups in total. The predicted octanol–water partition coefficient (Wildman–Crippen LogP) is 0.743. The van der Waals surface area contributed by atoms with Crippen molar-refractivity contribution in [2.75, 3.05) is 44.7 Å². The lowest BCUT2D eigenvalue weighted by Crippen LogP contribution is -2.34. The Labute approximate surface area is 106 Å². The van der Waals surface area contributed by atoms with Crippen molar-refractivity contribution in [2.24, 2.45) is 5.41 Å². The lowest BCUT2D eigenvalue weighted by Gasteiger charge is -2.24. The number of sulfone groups is 1. The van der Waals surface area contributed by atoms with E-state index in [1.807, 2.05) is 14.0 Å². The highest BCUT2D eigenvalue weighted by atomic mass is 32.2. The second-order valence-corrected chi connectivity index (χ2v) is 7.82. The SMILES string of the molecule is CCCS(=O)(=O)CCN1CCC(C)(CNC)C1. The quantitative estimate of drug-likeness (QED) is 0.735. The summed E-state index contributed by atoms with van der Waals surface area (Å²) in [6.45, 7) is 7.92. The molecule has 1 rings (SSSR count). The van der Waals surface area contributed by atoms with Crippen LogP contribution in [0, 0.1) is 5.41 Å². The van der Waals surface area contributed by atoms with Gasteiger partial charge >= 0.3 is 0 Å². The van der Waals surface area contributed by atoms with Gasteiger partial charge in [-0.2, -0.15) is 0 Å². The molecule has 1 saturated heterocycles. The fourth-order valence-electron chi connectivity index (χ4n) is 2.57. The van der Waals surface area contributed by atoms with Gasteiger partial charge in [0.15, 0.2) is 9.84 Å². The van der Waals surface area contributed by atoms with E-state index in [0.29, 0.717) is 23.5 Å². The van der Waals surface area contributed by atoms with Crippen molar-refractivity contribution in [1.82, 2.24) is 10.2 Å². The van der Waals surface area contributed by atoms with Gasteiger partial charge in [-0.1, -0.05) is 13.8 Å². The van der Waals surface area contributed by atoms with Gasteiger partial charge in [-0.05, 0) is 31.8 Å². The number of rotatable bonds is 7. The highest BCUT2D eigenvalue weighted by Crippen LogP contribution is 2.28. The van der Waals surface area contributed by atoms with Crippen LogP contribution in [0.3, 0.4) is 0 Å². The monoisotopic (exact) mass is 262 g/mol. The van der Waals surface area contributed by atoms with Crippen LogP contribution in [0.15, 0.2) is 0 Å². The van der Waals surface area contributed by atoms with Gasteiger partial charge in [-0.3, -0.25) is 0 Å². The zero-order valence-electron chi connectivity index (χ0n) is 11.3. The maximum Gasteiger partial charge on any atom is 0.151 e. The van der Waals surface area contributed by atoms with Gasteiger partial charge in [-0.15, -0.1) is 0 Å². The Morgan fingerprint density at radius 3 is 2.65 bits per heavy atom. The molecule has 0 spiro atoms. The molecule has 0 bridgehead atoms.